The number of nitrogens with one attached hydrogen (secondary N) is 1. The predicted molar refractivity (Wildman–Crippen MR) is 105 cm³/mol. The maximum atomic E-state index is 12.6. The summed E-state index contributed by atoms with van der Waals surface area (Å²) < 4.78 is 2.03. The lowest BCUT2D eigenvalue weighted by Gasteiger charge is -2.18. The number of benzene rings is 2. The van der Waals surface area contributed by atoms with E-state index < -0.39 is 6.10 Å². The fourth-order valence-electron chi connectivity index (χ4n) is 3.91. The van der Waals surface area contributed by atoms with Gasteiger partial charge in [-0.25, -0.2) is 0 Å². The van der Waals surface area contributed by atoms with Crippen molar-refractivity contribution in [1.82, 2.24) is 4.57 Å². The number of anilines is 1. The summed E-state index contributed by atoms with van der Waals surface area (Å²) in [5, 5.41) is 15.0. The van der Waals surface area contributed by atoms with Crippen LogP contribution in [0.5, 0.6) is 0 Å². The molecule has 0 radical (unpaired) electrons. The number of ketones is 1. The van der Waals surface area contributed by atoms with Gasteiger partial charge in [0, 0.05) is 29.6 Å². The molecule has 0 unspecified atom stereocenters. The van der Waals surface area contributed by atoms with E-state index >= 15 is 0 Å². The van der Waals surface area contributed by atoms with Crippen molar-refractivity contribution in [2.75, 3.05) is 11.9 Å². The van der Waals surface area contributed by atoms with E-state index in [2.05, 4.69) is 30.4 Å². The van der Waals surface area contributed by atoms with Crippen LogP contribution in [0.3, 0.4) is 0 Å². The molecule has 4 heteroatoms. The minimum absolute atomic E-state index is 0.198. The molecule has 2 N–H and O–H groups in total. The van der Waals surface area contributed by atoms with Crippen molar-refractivity contribution in [2.24, 2.45) is 0 Å². The molecular formula is C22H24N2O2. The van der Waals surface area contributed by atoms with Crippen LogP contribution in [-0.4, -0.2) is 28.1 Å². The summed E-state index contributed by atoms with van der Waals surface area (Å²) >= 11 is 0. The van der Waals surface area contributed by atoms with Gasteiger partial charge in [0.15, 0.2) is 5.78 Å². The van der Waals surface area contributed by atoms with Crippen LogP contribution in [0.2, 0.25) is 0 Å². The van der Waals surface area contributed by atoms with E-state index in [1.807, 2.05) is 34.9 Å². The Balaban J connectivity index is 1.63. The zero-order valence-electron chi connectivity index (χ0n) is 15.0. The van der Waals surface area contributed by atoms with Gasteiger partial charge in [-0.1, -0.05) is 29.8 Å². The van der Waals surface area contributed by atoms with Crippen molar-refractivity contribution >= 4 is 22.4 Å². The highest BCUT2D eigenvalue weighted by Crippen LogP contribution is 2.33. The van der Waals surface area contributed by atoms with Crippen molar-refractivity contribution in [3.8, 4) is 0 Å². The Morgan fingerprint density at radius 1 is 1.15 bits per heavy atom. The second kappa shape index (κ2) is 6.96. The van der Waals surface area contributed by atoms with Gasteiger partial charge in [-0.05, 0) is 49.6 Å². The number of Topliss-reactive ketones (excluding diaryl/α,β-unsaturated/α-hetero) is 1. The second-order valence-corrected chi connectivity index (χ2v) is 7.14. The second-order valence-electron chi connectivity index (χ2n) is 7.14. The number of hydrogen-bond acceptors (Lipinski definition) is 3. The maximum absolute atomic E-state index is 12.6. The molecule has 1 heterocycles. The van der Waals surface area contributed by atoms with Gasteiger partial charge in [0.1, 0.15) is 0 Å². The molecule has 0 spiro atoms. The van der Waals surface area contributed by atoms with Gasteiger partial charge in [0.05, 0.1) is 18.3 Å². The Kier molecular flexibility index (Phi) is 4.51. The van der Waals surface area contributed by atoms with Gasteiger partial charge in [-0.2, -0.15) is 0 Å². The van der Waals surface area contributed by atoms with Crippen LogP contribution in [0.15, 0.2) is 48.5 Å². The van der Waals surface area contributed by atoms with Crippen molar-refractivity contribution in [3.63, 3.8) is 0 Å². The topological polar surface area (TPSA) is 54.3 Å². The van der Waals surface area contributed by atoms with Gasteiger partial charge in [0.2, 0.25) is 0 Å². The Morgan fingerprint density at radius 3 is 2.77 bits per heavy atom. The van der Waals surface area contributed by atoms with Crippen LogP contribution >= 0.6 is 0 Å². The lowest BCUT2D eigenvalue weighted by molar-refractivity contribution is 0.0958. The minimum Gasteiger partial charge on any atom is -0.389 e. The molecule has 2 aromatic carbocycles. The summed E-state index contributed by atoms with van der Waals surface area (Å²) in [5.74, 6) is 0.198. The third-order valence-electron chi connectivity index (χ3n) is 5.13. The van der Waals surface area contributed by atoms with Gasteiger partial charge >= 0.3 is 0 Å². The van der Waals surface area contributed by atoms with Gasteiger partial charge in [-0.15, -0.1) is 0 Å². The van der Waals surface area contributed by atoms with E-state index in [-0.39, 0.29) is 5.78 Å². The number of para-hydroxylation sites is 1. The molecule has 4 nitrogen and oxygen atoms in total. The van der Waals surface area contributed by atoms with Crippen LogP contribution in [0, 0.1) is 6.92 Å². The molecule has 1 aliphatic rings. The summed E-state index contributed by atoms with van der Waals surface area (Å²) in [4.78, 5) is 12.6. The van der Waals surface area contributed by atoms with Crippen molar-refractivity contribution < 1.29 is 9.90 Å². The minimum atomic E-state index is -0.578. The quantitative estimate of drug-likeness (QED) is 0.734. The largest absolute Gasteiger partial charge is 0.389 e. The van der Waals surface area contributed by atoms with E-state index in [9.17, 15) is 9.90 Å². The highest BCUT2D eigenvalue weighted by molar-refractivity contribution is 6.04. The first-order chi connectivity index (χ1) is 12.6. The lowest BCUT2D eigenvalue weighted by atomic mass is 9.94. The average molecular weight is 348 g/mol. The Labute approximate surface area is 153 Å². The number of carbonyl (C=O) groups excluding carboxylic acids is 1. The molecule has 3 aromatic rings. The number of hydrogen-bond donors (Lipinski definition) is 2. The standard InChI is InChI=1S/C22H24N2O2/c1-15-10-11-20-19(12-15)18-8-5-9-21(26)22(18)24(20)14-17(25)13-23-16-6-3-2-4-7-16/h2-4,6-7,10-12,17,23,25H,5,8-9,13-14H2,1H3/t17-/m1/s1. The number of aromatic nitrogens is 1. The first-order valence-electron chi connectivity index (χ1n) is 9.25. The van der Waals surface area contributed by atoms with Crippen LogP contribution in [0.25, 0.3) is 10.9 Å². The highest BCUT2D eigenvalue weighted by Gasteiger charge is 2.26. The molecule has 1 aliphatic carbocycles. The number of nitrogens with zero attached hydrogens (tertiary/aromatic N) is 1. The van der Waals surface area contributed by atoms with Gasteiger partial charge in [0.25, 0.3) is 0 Å². The highest BCUT2D eigenvalue weighted by atomic mass is 16.3. The molecule has 1 aromatic heterocycles. The van der Waals surface area contributed by atoms with E-state index in [0.717, 1.165) is 40.7 Å². The Hall–Kier alpha value is -2.59. The first-order valence-corrected chi connectivity index (χ1v) is 9.25. The zero-order chi connectivity index (χ0) is 18.1. The molecule has 134 valence electrons. The molecule has 0 saturated carbocycles. The third-order valence-corrected chi connectivity index (χ3v) is 5.13. The maximum Gasteiger partial charge on any atom is 0.179 e. The normalized spacial score (nSPS) is 15.1. The SMILES string of the molecule is Cc1ccc2c(c1)c1c(n2C[C@H](O)CNc2ccccc2)C(=O)CCC1. The van der Waals surface area contributed by atoms with Crippen LogP contribution in [0.4, 0.5) is 5.69 Å². The molecule has 1 atom stereocenters. The number of fused-ring (bicyclic) bond motifs is 3. The van der Waals surface area contributed by atoms with Crippen LogP contribution < -0.4 is 5.32 Å². The number of rotatable bonds is 5. The van der Waals surface area contributed by atoms with Crippen molar-refractivity contribution in [1.29, 1.82) is 0 Å². The predicted octanol–water partition coefficient (Wildman–Crippen LogP) is 3.94. The summed E-state index contributed by atoms with van der Waals surface area (Å²) in [6.45, 7) is 2.94. The van der Waals surface area contributed by atoms with Crippen LogP contribution in [-0.2, 0) is 13.0 Å². The number of aryl methyl sites for hydroxylation is 2. The zero-order valence-corrected chi connectivity index (χ0v) is 15.0. The van der Waals surface area contributed by atoms with E-state index in [1.165, 1.54) is 5.56 Å². The number of carbonyl (C=O) groups is 1. The lowest BCUT2D eigenvalue weighted by Crippen LogP contribution is -2.27. The third kappa shape index (κ3) is 3.13. The molecule has 4 rings (SSSR count). The van der Waals surface area contributed by atoms with Crippen molar-refractivity contribution in [3.05, 3.63) is 65.4 Å². The Bertz CT molecular complexity index is 944. The fraction of sp³-hybridized carbons (Fsp3) is 0.318. The van der Waals surface area contributed by atoms with Gasteiger partial charge < -0.3 is 15.0 Å². The van der Waals surface area contributed by atoms with Crippen molar-refractivity contribution in [2.45, 2.75) is 38.8 Å². The molecule has 0 fully saturated rings. The molecule has 26 heavy (non-hydrogen) atoms. The molecule has 0 saturated heterocycles. The van der Waals surface area contributed by atoms with Crippen LogP contribution in [0.1, 0.15) is 34.5 Å². The summed E-state index contributed by atoms with van der Waals surface area (Å²) in [7, 11) is 0. The smallest absolute Gasteiger partial charge is 0.179 e. The van der Waals surface area contributed by atoms with E-state index in [1.54, 1.807) is 0 Å². The summed E-state index contributed by atoms with van der Waals surface area (Å²) in [5.41, 5.74) is 5.19. The van der Waals surface area contributed by atoms with Gasteiger partial charge in [-0.3, -0.25) is 4.79 Å². The fourth-order valence-corrected chi connectivity index (χ4v) is 3.91. The number of aliphatic hydroxyl groups excluding tert-OH is 1. The van der Waals surface area contributed by atoms with E-state index in [0.29, 0.717) is 19.5 Å². The van der Waals surface area contributed by atoms with E-state index in [4.69, 9.17) is 0 Å². The summed E-state index contributed by atoms with van der Waals surface area (Å²) in [6.07, 6.45) is 1.87. The molecule has 0 amide bonds. The molecule has 0 bridgehead atoms. The Morgan fingerprint density at radius 2 is 1.96 bits per heavy atom. The summed E-state index contributed by atoms with van der Waals surface area (Å²) in [6, 6.07) is 16.2. The number of aliphatic hydroxyl groups is 1. The molecular weight excluding hydrogens is 324 g/mol. The molecule has 0 aliphatic heterocycles. The monoisotopic (exact) mass is 348 g/mol. The first kappa shape index (κ1) is 16.9. The average Bonchev–Trinajstić information content (AvgIpc) is 2.95.